The van der Waals surface area contributed by atoms with Gasteiger partial charge in [-0.3, -0.25) is 14.6 Å². The number of unbranched alkanes of at least 4 members (excludes halogenated alkanes) is 1. The van der Waals surface area contributed by atoms with Crippen LogP contribution in [0.1, 0.15) is 99.0 Å². The highest BCUT2D eigenvalue weighted by Gasteiger charge is 2.52. The van der Waals surface area contributed by atoms with Crippen LogP contribution in [0.25, 0.3) is 0 Å². The molecule has 5 rings (SSSR count). The van der Waals surface area contributed by atoms with Crippen molar-refractivity contribution < 1.29 is 14.3 Å². The first-order valence-corrected chi connectivity index (χ1v) is 15.2. The van der Waals surface area contributed by atoms with Gasteiger partial charge in [-0.1, -0.05) is 56.9 Å². The summed E-state index contributed by atoms with van der Waals surface area (Å²) >= 11 is 0. The summed E-state index contributed by atoms with van der Waals surface area (Å²) in [5.41, 5.74) is 3.71. The highest BCUT2D eigenvalue weighted by atomic mass is 35.5. The maximum absolute atomic E-state index is 13.3. The number of benzene rings is 1. The van der Waals surface area contributed by atoms with Gasteiger partial charge in [0.05, 0.1) is 5.70 Å². The number of aryl methyl sites for hydroxylation is 2. The van der Waals surface area contributed by atoms with Crippen LogP contribution in [0.2, 0.25) is 0 Å². The molecule has 3 saturated heterocycles. The lowest BCUT2D eigenvalue weighted by atomic mass is 9.84. The molecule has 6 nitrogen and oxygen atoms in total. The fraction of sp³-hybridized carbons (Fsp3) is 0.688. The van der Waals surface area contributed by atoms with Gasteiger partial charge in [-0.25, -0.2) is 4.79 Å². The average molecular weight is 558 g/mol. The summed E-state index contributed by atoms with van der Waals surface area (Å²) in [6.45, 7) is 10.6. The fourth-order valence-electron chi connectivity index (χ4n) is 7.35. The number of nitrogens with zero attached hydrogens (tertiary/aromatic N) is 3. The molecule has 4 aliphatic rings. The van der Waals surface area contributed by atoms with E-state index in [1.807, 2.05) is 41.8 Å². The third-order valence-electron chi connectivity index (χ3n) is 9.62. The fourth-order valence-corrected chi connectivity index (χ4v) is 7.35. The lowest BCUT2D eigenvalue weighted by Crippen LogP contribution is -2.52. The monoisotopic (exact) mass is 557 g/mol. The van der Waals surface area contributed by atoms with Crippen LogP contribution in [-0.2, 0) is 4.74 Å². The first-order valence-electron chi connectivity index (χ1n) is 15.2. The molecule has 0 radical (unpaired) electrons. The first-order chi connectivity index (χ1) is 18.4. The number of ether oxygens (including phenoxy) is 1. The van der Waals surface area contributed by atoms with Crippen molar-refractivity contribution in [2.24, 2.45) is 5.92 Å². The van der Waals surface area contributed by atoms with Crippen molar-refractivity contribution in [2.45, 2.75) is 103 Å². The number of amides is 2. The molecule has 1 aliphatic carbocycles. The summed E-state index contributed by atoms with van der Waals surface area (Å²) in [4.78, 5) is 33.1. The van der Waals surface area contributed by atoms with Gasteiger partial charge in [0, 0.05) is 57.2 Å². The molecular weight excluding hydrogens is 510 g/mol. The van der Waals surface area contributed by atoms with Crippen LogP contribution in [0, 0.1) is 19.8 Å². The molecule has 3 heterocycles. The summed E-state index contributed by atoms with van der Waals surface area (Å²) in [6.07, 6.45) is 14.4. The second kappa shape index (κ2) is 13.1. The minimum atomic E-state index is -0.448. The van der Waals surface area contributed by atoms with Gasteiger partial charge in [0.1, 0.15) is 0 Å². The number of carbonyl (C=O) groups excluding carboxylic acids is 2. The summed E-state index contributed by atoms with van der Waals surface area (Å²) in [5.74, 6) is 0.784. The molecule has 7 heteroatoms. The molecule has 1 saturated carbocycles. The van der Waals surface area contributed by atoms with Crippen LogP contribution in [0.3, 0.4) is 0 Å². The molecule has 0 unspecified atom stereocenters. The number of hydrogen-bond donors (Lipinski definition) is 0. The predicted octanol–water partition coefficient (Wildman–Crippen LogP) is 6.88. The average Bonchev–Trinajstić information content (AvgIpc) is 3.17. The zero-order chi connectivity index (χ0) is 26.7. The Morgan fingerprint density at radius 2 is 1.64 bits per heavy atom. The van der Waals surface area contributed by atoms with Gasteiger partial charge in [-0.05, 0) is 63.0 Å². The highest BCUT2D eigenvalue weighted by molar-refractivity contribution is 5.97. The molecule has 4 fully saturated rings. The Hall–Kier alpha value is -2.05. The molecule has 1 spiro atoms. The molecule has 2 amide bonds. The first kappa shape index (κ1) is 29.9. The Balaban J connectivity index is 0.00000353. The van der Waals surface area contributed by atoms with Crippen molar-refractivity contribution in [3.8, 4) is 0 Å². The Morgan fingerprint density at radius 1 is 1.00 bits per heavy atom. The van der Waals surface area contributed by atoms with Crippen LogP contribution in [0.5, 0.6) is 0 Å². The van der Waals surface area contributed by atoms with Crippen LogP contribution in [0.15, 0.2) is 30.0 Å². The lowest BCUT2D eigenvalue weighted by Gasteiger charge is -2.44. The van der Waals surface area contributed by atoms with E-state index in [2.05, 4.69) is 17.9 Å². The van der Waals surface area contributed by atoms with Crippen LogP contribution >= 0.6 is 12.4 Å². The molecule has 1 aromatic carbocycles. The molecule has 216 valence electrons. The molecule has 0 atom stereocenters. The van der Waals surface area contributed by atoms with Gasteiger partial charge < -0.3 is 9.64 Å². The molecule has 3 aliphatic heterocycles. The number of hydrogen-bond acceptors (Lipinski definition) is 4. The molecule has 0 N–H and O–H groups in total. The number of piperidine rings is 2. The smallest absolute Gasteiger partial charge is 0.415 e. The molecule has 1 aromatic rings. The van der Waals surface area contributed by atoms with Crippen molar-refractivity contribution in [1.29, 1.82) is 0 Å². The standard InChI is InChI=1S/C32H47N3O3.ClH/c1-4-5-14-28-32(38-31(37)35(28)23-26-12-7-6-8-13-26)17-21-33(22-18-32)27-15-19-34(20-16-27)30(36)29-24(2)10-9-11-25(29)3;/h9-11,14,26-27H,4-8,12-13,15-23H2,1-3H3;1H/b28-14+;. The second-order valence-electron chi connectivity index (χ2n) is 12.2. The maximum Gasteiger partial charge on any atom is 0.415 e. The van der Waals surface area contributed by atoms with E-state index in [1.54, 1.807) is 0 Å². The van der Waals surface area contributed by atoms with Gasteiger partial charge in [0.25, 0.3) is 5.91 Å². The van der Waals surface area contributed by atoms with Crippen molar-refractivity contribution in [2.75, 3.05) is 32.7 Å². The largest absolute Gasteiger partial charge is 0.436 e. The van der Waals surface area contributed by atoms with Crippen LogP contribution in [0.4, 0.5) is 4.79 Å². The van der Waals surface area contributed by atoms with Gasteiger partial charge in [-0.15, -0.1) is 12.4 Å². The lowest BCUT2D eigenvalue weighted by molar-refractivity contribution is -0.00576. The zero-order valence-electron chi connectivity index (χ0n) is 24.3. The van der Waals surface area contributed by atoms with Gasteiger partial charge in [-0.2, -0.15) is 0 Å². The SMILES string of the molecule is CCC/C=C1/N(CC2CCCCC2)C(=O)OC12CCN(C1CCN(C(=O)c3c(C)cccc3C)CC1)CC2.Cl. The second-order valence-corrected chi connectivity index (χ2v) is 12.2. The van der Waals surface area contributed by atoms with E-state index in [1.165, 1.54) is 32.1 Å². The summed E-state index contributed by atoms with van der Waals surface area (Å²) in [7, 11) is 0. The molecule has 0 bridgehead atoms. The third kappa shape index (κ3) is 6.32. The van der Waals surface area contributed by atoms with Gasteiger partial charge in [0.15, 0.2) is 5.60 Å². The van der Waals surface area contributed by atoms with Gasteiger partial charge >= 0.3 is 6.09 Å². The van der Waals surface area contributed by atoms with Crippen LogP contribution < -0.4 is 0 Å². The van der Waals surface area contributed by atoms with E-state index < -0.39 is 5.60 Å². The Bertz CT molecular complexity index is 1010. The Morgan fingerprint density at radius 3 is 2.26 bits per heavy atom. The van der Waals surface area contributed by atoms with Crippen molar-refractivity contribution in [3.05, 3.63) is 46.7 Å². The highest BCUT2D eigenvalue weighted by Crippen LogP contribution is 2.43. The quantitative estimate of drug-likeness (QED) is 0.382. The zero-order valence-corrected chi connectivity index (χ0v) is 25.1. The Kier molecular flexibility index (Phi) is 10.0. The topological polar surface area (TPSA) is 53.1 Å². The van der Waals surface area contributed by atoms with E-state index in [0.717, 1.165) is 93.6 Å². The summed E-state index contributed by atoms with van der Waals surface area (Å²) < 4.78 is 6.25. The van der Waals surface area contributed by atoms with Gasteiger partial charge in [0.2, 0.25) is 0 Å². The van der Waals surface area contributed by atoms with E-state index in [9.17, 15) is 9.59 Å². The number of halogens is 1. The van der Waals surface area contributed by atoms with E-state index in [4.69, 9.17) is 4.74 Å². The number of carbonyl (C=O) groups is 2. The Labute approximate surface area is 241 Å². The maximum atomic E-state index is 13.3. The summed E-state index contributed by atoms with van der Waals surface area (Å²) in [6, 6.07) is 6.58. The normalized spacial score (nSPS) is 23.8. The predicted molar refractivity (Wildman–Crippen MR) is 158 cm³/mol. The van der Waals surface area contributed by atoms with Crippen LogP contribution in [-0.4, -0.2) is 71.1 Å². The molecule has 0 aromatic heterocycles. The number of likely N-dealkylation sites (tertiary alicyclic amines) is 2. The third-order valence-corrected chi connectivity index (χ3v) is 9.62. The minimum absolute atomic E-state index is 0. The van der Waals surface area contributed by atoms with Crippen molar-refractivity contribution in [3.63, 3.8) is 0 Å². The van der Waals surface area contributed by atoms with E-state index in [0.29, 0.717) is 12.0 Å². The number of rotatable bonds is 6. The van der Waals surface area contributed by atoms with E-state index in [-0.39, 0.29) is 24.4 Å². The molecule has 39 heavy (non-hydrogen) atoms. The van der Waals surface area contributed by atoms with Crippen molar-refractivity contribution >= 4 is 24.4 Å². The number of allylic oxidation sites excluding steroid dienone is 1. The molecular formula is C32H48ClN3O3. The summed E-state index contributed by atoms with van der Waals surface area (Å²) in [5, 5.41) is 0. The van der Waals surface area contributed by atoms with E-state index >= 15 is 0 Å². The minimum Gasteiger partial charge on any atom is -0.436 e. The van der Waals surface area contributed by atoms with Crippen molar-refractivity contribution in [1.82, 2.24) is 14.7 Å².